The van der Waals surface area contributed by atoms with Gasteiger partial charge in [-0.05, 0) is 6.92 Å². The zero-order chi connectivity index (χ0) is 15.0. The molecule has 0 radical (unpaired) electrons. The summed E-state index contributed by atoms with van der Waals surface area (Å²) in [7, 11) is 0. The predicted octanol–water partition coefficient (Wildman–Crippen LogP) is 2.82. The number of halogens is 3. The number of alkyl halides is 3. The van der Waals surface area contributed by atoms with Crippen molar-refractivity contribution in [2.75, 3.05) is 6.54 Å². The second kappa shape index (κ2) is 5.34. The first-order chi connectivity index (χ1) is 9.91. The monoisotopic (exact) mass is 314 g/mol. The molecular weight excluding hydrogens is 301 g/mol. The van der Waals surface area contributed by atoms with E-state index in [-0.39, 0.29) is 0 Å². The van der Waals surface area contributed by atoms with Crippen molar-refractivity contribution in [1.82, 2.24) is 19.9 Å². The fraction of sp³-hybridized carbons (Fsp3) is 0.462. The number of rotatable bonds is 2. The fourth-order valence-electron chi connectivity index (χ4n) is 2.31. The summed E-state index contributed by atoms with van der Waals surface area (Å²) in [5.74, 6) is -1.05. The van der Waals surface area contributed by atoms with Crippen LogP contribution >= 0.6 is 11.3 Å². The van der Waals surface area contributed by atoms with Crippen LogP contribution in [0.2, 0.25) is 0 Å². The smallest absolute Gasteiger partial charge is 0.292 e. The van der Waals surface area contributed by atoms with Crippen molar-refractivity contribution in [2.45, 2.75) is 32.6 Å². The number of nitrogens with zero attached hydrogens (tertiary/aromatic N) is 4. The largest absolute Gasteiger partial charge is 0.451 e. The summed E-state index contributed by atoms with van der Waals surface area (Å²) in [4.78, 5) is 13.6. The molecule has 0 N–H and O–H groups in total. The van der Waals surface area contributed by atoms with Gasteiger partial charge in [-0.25, -0.2) is 15.0 Å². The Balaban J connectivity index is 1.74. The number of hydrogen-bond acceptors (Lipinski definition) is 5. The van der Waals surface area contributed by atoms with Crippen LogP contribution in [0.25, 0.3) is 0 Å². The molecule has 0 atom stereocenters. The van der Waals surface area contributed by atoms with Crippen LogP contribution in [0, 0.1) is 6.92 Å². The Bertz CT molecular complexity index is 653. The van der Waals surface area contributed by atoms with Crippen LogP contribution in [0.4, 0.5) is 13.2 Å². The number of thiazole rings is 1. The Kier molecular flexibility index (Phi) is 3.66. The molecular formula is C13H13F3N4S. The molecule has 8 heteroatoms. The van der Waals surface area contributed by atoms with Crippen molar-refractivity contribution in [2.24, 2.45) is 0 Å². The van der Waals surface area contributed by atoms with Gasteiger partial charge in [-0.1, -0.05) is 0 Å². The van der Waals surface area contributed by atoms with E-state index < -0.39 is 12.0 Å². The highest BCUT2D eigenvalue weighted by molar-refractivity contribution is 7.09. The minimum absolute atomic E-state index is 0.504. The van der Waals surface area contributed by atoms with Crippen LogP contribution in [-0.2, 0) is 25.7 Å². The molecule has 4 nitrogen and oxygen atoms in total. The lowest BCUT2D eigenvalue weighted by molar-refractivity contribution is -0.145. The molecule has 0 unspecified atom stereocenters. The van der Waals surface area contributed by atoms with Gasteiger partial charge in [-0.15, -0.1) is 11.3 Å². The molecule has 0 fully saturated rings. The molecule has 0 saturated heterocycles. The third kappa shape index (κ3) is 3.21. The van der Waals surface area contributed by atoms with E-state index in [1.54, 1.807) is 11.3 Å². The van der Waals surface area contributed by atoms with Gasteiger partial charge < -0.3 is 0 Å². The van der Waals surface area contributed by atoms with Crippen molar-refractivity contribution in [1.29, 1.82) is 0 Å². The molecule has 0 saturated carbocycles. The van der Waals surface area contributed by atoms with Crippen LogP contribution in [0.15, 0.2) is 11.6 Å². The zero-order valence-corrected chi connectivity index (χ0v) is 12.1. The second-order valence-electron chi connectivity index (χ2n) is 5.01. The van der Waals surface area contributed by atoms with Crippen LogP contribution in [-0.4, -0.2) is 26.4 Å². The Morgan fingerprint density at radius 1 is 1.33 bits per heavy atom. The fourth-order valence-corrected chi connectivity index (χ4v) is 3.13. The van der Waals surface area contributed by atoms with Gasteiger partial charge in [-0.3, -0.25) is 4.90 Å². The number of hydrogen-bond donors (Lipinski definition) is 0. The highest BCUT2D eigenvalue weighted by atomic mass is 32.1. The summed E-state index contributed by atoms with van der Waals surface area (Å²) in [5, 5.41) is 3.01. The quantitative estimate of drug-likeness (QED) is 0.855. The van der Waals surface area contributed by atoms with Gasteiger partial charge in [0.2, 0.25) is 5.82 Å². The van der Waals surface area contributed by atoms with Crippen LogP contribution < -0.4 is 0 Å². The third-order valence-electron chi connectivity index (χ3n) is 3.29. The first kappa shape index (κ1) is 14.4. The van der Waals surface area contributed by atoms with Crippen molar-refractivity contribution < 1.29 is 13.2 Å². The minimum atomic E-state index is -4.48. The molecule has 112 valence electrons. The average molecular weight is 314 g/mol. The lowest BCUT2D eigenvalue weighted by Crippen LogP contribution is -2.31. The molecule has 2 aromatic rings. The SMILES string of the molecule is Cc1csc(CN2CCc3nc(C(F)(F)F)ncc3C2)n1. The Morgan fingerprint density at radius 3 is 2.81 bits per heavy atom. The van der Waals surface area contributed by atoms with Gasteiger partial charge in [0, 0.05) is 42.3 Å². The van der Waals surface area contributed by atoms with Crippen molar-refractivity contribution in [3.05, 3.63) is 39.4 Å². The Morgan fingerprint density at radius 2 is 2.14 bits per heavy atom. The maximum Gasteiger partial charge on any atom is 0.451 e. The molecule has 3 heterocycles. The maximum absolute atomic E-state index is 12.6. The summed E-state index contributed by atoms with van der Waals surface area (Å²) in [6.07, 6.45) is -2.68. The number of aromatic nitrogens is 3. The summed E-state index contributed by atoms with van der Waals surface area (Å²) in [6, 6.07) is 0. The maximum atomic E-state index is 12.6. The molecule has 0 aromatic carbocycles. The van der Waals surface area contributed by atoms with Crippen molar-refractivity contribution >= 4 is 11.3 Å². The van der Waals surface area contributed by atoms with E-state index in [2.05, 4.69) is 19.9 Å². The molecule has 0 bridgehead atoms. The minimum Gasteiger partial charge on any atom is -0.292 e. The number of aryl methyl sites for hydroxylation is 1. The van der Waals surface area contributed by atoms with Gasteiger partial charge in [0.05, 0.1) is 12.2 Å². The molecule has 21 heavy (non-hydrogen) atoms. The van der Waals surface area contributed by atoms with E-state index in [9.17, 15) is 13.2 Å². The van der Waals surface area contributed by atoms with Gasteiger partial charge in [0.1, 0.15) is 5.01 Å². The lowest BCUT2D eigenvalue weighted by atomic mass is 10.1. The van der Waals surface area contributed by atoms with Crippen molar-refractivity contribution in [3.63, 3.8) is 0 Å². The molecule has 1 aliphatic heterocycles. The van der Waals surface area contributed by atoms with Gasteiger partial charge in [0.25, 0.3) is 0 Å². The highest BCUT2D eigenvalue weighted by Gasteiger charge is 2.35. The Hall–Kier alpha value is -1.54. The average Bonchev–Trinajstić information content (AvgIpc) is 2.82. The van der Waals surface area contributed by atoms with E-state index in [4.69, 9.17) is 0 Å². The van der Waals surface area contributed by atoms with E-state index >= 15 is 0 Å². The Labute approximate surface area is 123 Å². The molecule has 0 spiro atoms. The molecule has 1 aliphatic rings. The zero-order valence-electron chi connectivity index (χ0n) is 11.3. The van der Waals surface area contributed by atoms with E-state index in [0.29, 0.717) is 31.7 Å². The highest BCUT2D eigenvalue weighted by Crippen LogP contribution is 2.28. The van der Waals surface area contributed by atoms with Gasteiger partial charge in [0.15, 0.2) is 0 Å². The summed E-state index contributed by atoms with van der Waals surface area (Å²) >= 11 is 1.60. The van der Waals surface area contributed by atoms with Gasteiger partial charge in [-0.2, -0.15) is 13.2 Å². The molecule has 2 aromatic heterocycles. The lowest BCUT2D eigenvalue weighted by Gasteiger charge is -2.27. The predicted molar refractivity (Wildman–Crippen MR) is 71.7 cm³/mol. The first-order valence-electron chi connectivity index (χ1n) is 6.47. The van der Waals surface area contributed by atoms with Crippen molar-refractivity contribution in [3.8, 4) is 0 Å². The number of fused-ring (bicyclic) bond motifs is 1. The summed E-state index contributed by atoms with van der Waals surface area (Å²) in [5.41, 5.74) is 2.26. The summed E-state index contributed by atoms with van der Waals surface area (Å²) < 4.78 is 37.7. The van der Waals surface area contributed by atoms with E-state index in [1.165, 1.54) is 6.20 Å². The van der Waals surface area contributed by atoms with Crippen LogP contribution in [0.1, 0.15) is 27.8 Å². The first-order valence-corrected chi connectivity index (χ1v) is 7.35. The summed E-state index contributed by atoms with van der Waals surface area (Å²) in [6.45, 7) is 3.89. The second-order valence-corrected chi connectivity index (χ2v) is 5.95. The topological polar surface area (TPSA) is 41.9 Å². The third-order valence-corrected chi connectivity index (χ3v) is 4.24. The van der Waals surface area contributed by atoms with E-state index in [0.717, 1.165) is 16.3 Å². The van der Waals surface area contributed by atoms with Crippen LogP contribution in [0.3, 0.4) is 0 Å². The normalized spacial score (nSPS) is 16.0. The molecule has 0 amide bonds. The van der Waals surface area contributed by atoms with E-state index in [1.807, 2.05) is 12.3 Å². The molecule has 0 aliphatic carbocycles. The van der Waals surface area contributed by atoms with Crippen LogP contribution in [0.5, 0.6) is 0 Å². The molecule has 3 rings (SSSR count). The standard InChI is InChI=1S/C13H13F3N4S/c1-8-7-21-11(18-8)6-20-3-2-10-9(5-20)4-17-12(19-10)13(14,15)16/h4,7H,2-3,5-6H2,1H3. The van der Waals surface area contributed by atoms with Gasteiger partial charge >= 0.3 is 6.18 Å².